The first-order valence-corrected chi connectivity index (χ1v) is 5.86. The summed E-state index contributed by atoms with van der Waals surface area (Å²) in [6, 6.07) is 6.16. The average molecular weight is 241 g/mol. The van der Waals surface area contributed by atoms with E-state index in [9.17, 15) is 0 Å². The Morgan fingerprint density at radius 2 is 2.22 bits per heavy atom. The van der Waals surface area contributed by atoms with Crippen LogP contribution < -0.4 is 5.73 Å². The maximum absolute atomic E-state index is 5.77. The molecule has 0 amide bonds. The Balaban J connectivity index is 2.18. The third-order valence-electron chi connectivity index (χ3n) is 3.17. The van der Waals surface area contributed by atoms with Crippen molar-refractivity contribution < 1.29 is 0 Å². The zero-order valence-electron chi connectivity index (χ0n) is 10.4. The zero-order valence-corrected chi connectivity index (χ0v) is 10.4. The second kappa shape index (κ2) is 3.96. The molecule has 3 aromatic rings. The second-order valence-corrected chi connectivity index (χ2v) is 4.39. The first kappa shape index (κ1) is 11.0. The quantitative estimate of drug-likeness (QED) is 0.717. The van der Waals surface area contributed by atoms with Crippen molar-refractivity contribution >= 4 is 11.0 Å². The van der Waals surface area contributed by atoms with Gasteiger partial charge in [0.1, 0.15) is 5.82 Å². The summed E-state index contributed by atoms with van der Waals surface area (Å²) >= 11 is 0. The molecule has 0 atom stereocenters. The molecule has 2 aromatic heterocycles. The lowest BCUT2D eigenvalue weighted by atomic mass is 10.1. The number of nitrogens with two attached hydrogens (primary N) is 1. The molecule has 1 aromatic carbocycles. The van der Waals surface area contributed by atoms with Crippen LogP contribution in [0.1, 0.15) is 11.5 Å². The highest BCUT2D eigenvalue weighted by Gasteiger charge is 2.10. The molecular formula is C13H15N5. The van der Waals surface area contributed by atoms with Gasteiger partial charge in [-0.2, -0.15) is 5.10 Å². The molecule has 0 spiro atoms. The minimum Gasteiger partial charge on any atom is -0.342 e. The number of imidazole rings is 1. The Kier molecular flexibility index (Phi) is 2.41. The van der Waals surface area contributed by atoms with Crippen LogP contribution in [0.3, 0.4) is 0 Å². The number of hydrogen-bond donors (Lipinski definition) is 2. The molecule has 92 valence electrons. The molecule has 0 radical (unpaired) electrons. The van der Waals surface area contributed by atoms with Crippen molar-refractivity contribution in [3.8, 4) is 11.1 Å². The van der Waals surface area contributed by atoms with Gasteiger partial charge in [-0.3, -0.25) is 4.68 Å². The highest BCUT2D eigenvalue weighted by molar-refractivity contribution is 5.82. The Morgan fingerprint density at radius 1 is 1.39 bits per heavy atom. The van der Waals surface area contributed by atoms with Crippen molar-refractivity contribution in [2.45, 2.75) is 13.5 Å². The fourth-order valence-corrected chi connectivity index (χ4v) is 2.25. The monoisotopic (exact) mass is 241 g/mol. The minimum absolute atomic E-state index is 0.478. The molecule has 0 fully saturated rings. The number of nitrogens with one attached hydrogen (secondary N) is 1. The Labute approximate surface area is 105 Å². The van der Waals surface area contributed by atoms with Gasteiger partial charge < -0.3 is 10.7 Å². The lowest BCUT2D eigenvalue weighted by molar-refractivity contribution is 0.713. The van der Waals surface area contributed by atoms with Crippen molar-refractivity contribution in [2.75, 3.05) is 0 Å². The molecule has 0 unspecified atom stereocenters. The number of aryl methyl sites for hydroxylation is 2. The molecule has 3 N–H and O–H groups in total. The van der Waals surface area contributed by atoms with Crippen molar-refractivity contribution in [3.05, 3.63) is 35.9 Å². The van der Waals surface area contributed by atoms with Crippen LogP contribution >= 0.6 is 0 Å². The van der Waals surface area contributed by atoms with E-state index < -0.39 is 0 Å². The largest absolute Gasteiger partial charge is 0.342 e. The molecule has 5 heteroatoms. The number of benzene rings is 1. The van der Waals surface area contributed by atoms with Crippen molar-refractivity contribution in [1.29, 1.82) is 0 Å². The van der Waals surface area contributed by atoms with E-state index in [4.69, 9.17) is 5.73 Å². The SMILES string of the molecule is Cc1nc2ccc(-c3cnn(C)c3CN)cc2[nH]1. The number of nitrogens with zero attached hydrogens (tertiary/aromatic N) is 3. The number of aromatic amines is 1. The molecular weight excluding hydrogens is 226 g/mol. The van der Waals surface area contributed by atoms with Crippen LogP contribution in [-0.4, -0.2) is 19.7 Å². The molecule has 5 nitrogen and oxygen atoms in total. The van der Waals surface area contributed by atoms with Crippen LogP contribution in [0.15, 0.2) is 24.4 Å². The summed E-state index contributed by atoms with van der Waals surface area (Å²) in [5.74, 6) is 0.924. The summed E-state index contributed by atoms with van der Waals surface area (Å²) in [4.78, 5) is 7.64. The summed E-state index contributed by atoms with van der Waals surface area (Å²) in [5, 5.41) is 4.26. The molecule has 0 aliphatic carbocycles. The Hall–Kier alpha value is -2.14. The van der Waals surface area contributed by atoms with Gasteiger partial charge in [-0.1, -0.05) is 6.07 Å². The van der Waals surface area contributed by atoms with E-state index in [0.717, 1.165) is 33.7 Å². The third kappa shape index (κ3) is 1.60. The molecule has 0 saturated heterocycles. The van der Waals surface area contributed by atoms with Gasteiger partial charge in [-0.05, 0) is 24.6 Å². The fraction of sp³-hybridized carbons (Fsp3) is 0.231. The number of hydrogen-bond acceptors (Lipinski definition) is 3. The van der Waals surface area contributed by atoms with E-state index in [1.54, 1.807) is 0 Å². The summed E-state index contributed by atoms with van der Waals surface area (Å²) in [7, 11) is 1.91. The number of aromatic nitrogens is 4. The molecule has 18 heavy (non-hydrogen) atoms. The van der Waals surface area contributed by atoms with Crippen LogP contribution in [0.4, 0.5) is 0 Å². The van der Waals surface area contributed by atoms with Crippen molar-refractivity contribution in [1.82, 2.24) is 19.7 Å². The van der Waals surface area contributed by atoms with Gasteiger partial charge in [0.25, 0.3) is 0 Å². The standard InChI is InChI=1S/C13H15N5/c1-8-16-11-4-3-9(5-12(11)17-8)10-7-15-18(2)13(10)6-14/h3-5,7H,6,14H2,1-2H3,(H,16,17). The molecule has 0 aliphatic heterocycles. The first-order chi connectivity index (χ1) is 8.69. The molecule has 2 heterocycles. The van der Waals surface area contributed by atoms with Crippen molar-refractivity contribution in [3.63, 3.8) is 0 Å². The van der Waals surface area contributed by atoms with Gasteiger partial charge >= 0.3 is 0 Å². The van der Waals surface area contributed by atoms with Crippen LogP contribution in [-0.2, 0) is 13.6 Å². The Bertz CT molecular complexity index is 707. The highest BCUT2D eigenvalue weighted by Crippen LogP contribution is 2.25. The Morgan fingerprint density at radius 3 is 3.00 bits per heavy atom. The highest BCUT2D eigenvalue weighted by atomic mass is 15.3. The van der Waals surface area contributed by atoms with Crippen molar-refractivity contribution in [2.24, 2.45) is 12.8 Å². The minimum atomic E-state index is 0.478. The molecule has 3 rings (SSSR count). The fourth-order valence-electron chi connectivity index (χ4n) is 2.25. The van der Waals surface area contributed by atoms with Crippen LogP contribution in [0.5, 0.6) is 0 Å². The summed E-state index contributed by atoms with van der Waals surface area (Å²) in [5.41, 5.74) is 11.0. The maximum atomic E-state index is 5.77. The first-order valence-electron chi connectivity index (χ1n) is 5.86. The second-order valence-electron chi connectivity index (χ2n) is 4.39. The van der Waals surface area contributed by atoms with E-state index in [-0.39, 0.29) is 0 Å². The normalized spacial score (nSPS) is 11.3. The summed E-state index contributed by atoms with van der Waals surface area (Å²) < 4.78 is 1.82. The average Bonchev–Trinajstić information content (AvgIpc) is 2.89. The third-order valence-corrected chi connectivity index (χ3v) is 3.17. The summed E-state index contributed by atoms with van der Waals surface area (Å²) in [6.07, 6.45) is 1.85. The number of rotatable bonds is 2. The van der Waals surface area contributed by atoms with Gasteiger partial charge in [0, 0.05) is 19.2 Å². The van der Waals surface area contributed by atoms with E-state index in [2.05, 4.69) is 27.2 Å². The van der Waals surface area contributed by atoms with Gasteiger partial charge in [0.05, 0.1) is 22.9 Å². The zero-order chi connectivity index (χ0) is 12.7. The number of fused-ring (bicyclic) bond motifs is 1. The lowest BCUT2D eigenvalue weighted by Gasteiger charge is -2.03. The van der Waals surface area contributed by atoms with Gasteiger partial charge in [0.15, 0.2) is 0 Å². The van der Waals surface area contributed by atoms with Gasteiger partial charge in [-0.15, -0.1) is 0 Å². The van der Waals surface area contributed by atoms with E-state index in [1.807, 2.05) is 30.9 Å². The molecule has 0 saturated carbocycles. The predicted octanol–water partition coefficient (Wildman–Crippen LogP) is 1.73. The van der Waals surface area contributed by atoms with E-state index in [0.29, 0.717) is 6.54 Å². The van der Waals surface area contributed by atoms with E-state index >= 15 is 0 Å². The van der Waals surface area contributed by atoms with E-state index in [1.165, 1.54) is 0 Å². The van der Waals surface area contributed by atoms with Gasteiger partial charge in [-0.25, -0.2) is 4.98 Å². The number of H-pyrrole nitrogens is 1. The maximum Gasteiger partial charge on any atom is 0.104 e. The molecule has 0 bridgehead atoms. The smallest absolute Gasteiger partial charge is 0.104 e. The lowest BCUT2D eigenvalue weighted by Crippen LogP contribution is -2.05. The van der Waals surface area contributed by atoms with Gasteiger partial charge in [0.2, 0.25) is 0 Å². The molecule has 0 aliphatic rings. The topological polar surface area (TPSA) is 72.5 Å². The van der Waals surface area contributed by atoms with Crippen LogP contribution in [0.2, 0.25) is 0 Å². The van der Waals surface area contributed by atoms with Crippen LogP contribution in [0, 0.1) is 6.92 Å². The predicted molar refractivity (Wildman–Crippen MR) is 70.9 cm³/mol. The van der Waals surface area contributed by atoms with Crippen LogP contribution in [0.25, 0.3) is 22.2 Å². The summed E-state index contributed by atoms with van der Waals surface area (Å²) in [6.45, 7) is 2.43.